The van der Waals surface area contributed by atoms with E-state index in [2.05, 4.69) is 23.4 Å². The summed E-state index contributed by atoms with van der Waals surface area (Å²) in [6.07, 6.45) is 7.52. The molecule has 132 valence electrons. The molecular weight excluding hydrogens is 306 g/mol. The first-order chi connectivity index (χ1) is 11.5. The molecule has 0 aromatic carbocycles. The normalized spacial score (nSPS) is 21.7. The molecule has 1 fully saturated rings. The lowest BCUT2D eigenvalue weighted by molar-refractivity contribution is -0.156. The summed E-state index contributed by atoms with van der Waals surface area (Å²) in [5.41, 5.74) is 1.96. The molecule has 1 unspecified atom stereocenters. The van der Waals surface area contributed by atoms with E-state index in [1.54, 1.807) is 4.90 Å². The SMILES string of the molecule is COC(=O)C1Cc2ncn(C(C)C)c2CN1C(=O)C1CCCCC1. The number of carbonyl (C=O) groups excluding carboxylic acids is 2. The van der Waals surface area contributed by atoms with E-state index in [-0.39, 0.29) is 23.8 Å². The van der Waals surface area contributed by atoms with Gasteiger partial charge in [0.05, 0.1) is 31.4 Å². The van der Waals surface area contributed by atoms with Crippen molar-refractivity contribution in [1.82, 2.24) is 14.5 Å². The summed E-state index contributed by atoms with van der Waals surface area (Å²) in [6, 6.07) is -0.269. The smallest absolute Gasteiger partial charge is 0.329 e. The number of amides is 1. The second kappa shape index (κ2) is 6.95. The zero-order valence-electron chi connectivity index (χ0n) is 14.8. The van der Waals surface area contributed by atoms with E-state index in [4.69, 9.17) is 4.74 Å². The first kappa shape index (κ1) is 17.0. The molecule has 0 bridgehead atoms. The van der Waals surface area contributed by atoms with Crippen LogP contribution in [0, 0.1) is 5.92 Å². The van der Waals surface area contributed by atoms with E-state index in [1.807, 2.05) is 6.33 Å². The van der Waals surface area contributed by atoms with Gasteiger partial charge in [0.25, 0.3) is 0 Å². The van der Waals surface area contributed by atoms with Gasteiger partial charge in [-0.25, -0.2) is 9.78 Å². The van der Waals surface area contributed by atoms with Crippen LogP contribution in [0.25, 0.3) is 0 Å². The van der Waals surface area contributed by atoms with Crippen molar-refractivity contribution in [3.8, 4) is 0 Å². The molecule has 2 heterocycles. The summed E-state index contributed by atoms with van der Waals surface area (Å²) in [5.74, 6) is -0.195. The highest BCUT2D eigenvalue weighted by atomic mass is 16.5. The Morgan fingerprint density at radius 1 is 1.25 bits per heavy atom. The number of esters is 1. The van der Waals surface area contributed by atoms with E-state index in [9.17, 15) is 9.59 Å². The highest BCUT2D eigenvalue weighted by Crippen LogP contribution is 2.31. The number of methoxy groups -OCH3 is 1. The van der Waals surface area contributed by atoms with Crippen LogP contribution >= 0.6 is 0 Å². The number of nitrogens with zero attached hydrogens (tertiary/aromatic N) is 3. The van der Waals surface area contributed by atoms with Crippen LogP contribution in [0.2, 0.25) is 0 Å². The molecule has 1 atom stereocenters. The third kappa shape index (κ3) is 3.06. The number of carbonyl (C=O) groups is 2. The molecule has 1 aliphatic carbocycles. The minimum Gasteiger partial charge on any atom is -0.467 e. The third-order valence-corrected chi connectivity index (χ3v) is 5.33. The third-order valence-electron chi connectivity index (χ3n) is 5.33. The van der Waals surface area contributed by atoms with Crippen molar-refractivity contribution in [2.75, 3.05) is 7.11 Å². The van der Waals surface area contributed by atoms with Crippen molar-refractivity contribution in [3.63, 3.8) is 0 Å². The molecule has 0 radical (unpaired) electrons. The summed E-state index contributed by atoms with van der Waals surface area (Å²) >= 11 is 0. The van der Waals surface area contributed by atoms with Gasteiger partial charge in [0, 0.05) is 18.4 Å². The van der Waals surface area contributed by atoms with Crippen LogP contribution < -0.4 is 0 Å². The number of imidazole rings is 1. The Kier molecular flexibility index (Phi) is 4.92. The first-order valence-corrected chi connectivity index (χ1v) is 8.95. The second-order valence-corrected chi connectivity index (χ2v) is 7.18. The maximum absolute atomic E-state index is 13.1. The van der Waals surface area contributed by atoms with Crippen LogP contribution in [-0.2, 0) is 27.3 Å². The fourth-order valence-electron chi connectivity index (χ4n) is 3.94. The topological polar surface area (TPSA) is 64.4 Å². The van der Waals surface area contributed by atoms with E-state index in [1.165, 1.54) is 13.5 Å². The highest BCUT2D eigenvalue weighted by molar-refractivity contribution is 5.86. The van der Waals surface area contributed by atoms with Gasteiger partial charge >= 0.3 is 5.97 Å². The Morgan fingerprint density at radius 2 is 1.96 bits per heavy atom. The molecule has 0 N–H and O–H groups in total. The van der Waals surface area contributed by atoms with E-state index in [0.717, 1.165) is 37.1 Å². The molecule has 1 aliphatic heterocycles. The highest BCUT2D eigenvalue weighted by Gasteiger charge is 2.40. The van der Waals surface area contributed by atoms with Gasteiger partial charge in [0.2, 0.25) is 5.91 Å². The predicted molar refractivity (Wildman–Crippen MR) is 89.2 cm³/mol. The maximum Gasteiger partial charge on any atom is 0.329 e. The summed E-state index contributed by atoms with van der Waals surface area (Å²) in [7, 11) is 1.38. The van der Waals surface area contributed by atoms with Crippen molar-refractivity contribution in [3.05, 3.63) is 17.7 Å². The number of hydrogen-bond donors (Lipinski definition) is 0. The van der Waals surface area contributed by atoms with Crippen molar-refractivity contribution in [2.24, 2.45) is 5.92 Å². The second-order valence-electron chi connectivity index (χ2n) is 7.18. The Bertz CT molecular complexity index is 617. The minimum atomic E-state index is -0.549. The zero-order valence-corrected chi connectivity index (χ0v) is 14.8. The molecule has 0 saturated heterocycles. The van der Waals surface area contributed by atoms with Crippen LogP contribution in [0.4, 0.5) is 0 Å². The van der Waals surface area contributed by atoms with Crippen LogP contribution in [0.3, 0.4) is 0 Å². The van der Waals surface area contributed by atoms with Gasteiger partial charge in [0.15, 0.2) is 0 Å². The molecule has 1 amide bonds. The molecule has 6 nitrogen and oxygen atoms in total. The maximum atomic E-state index is 13.1. The van der Waals surface area contributed by atoms with Gasteiger partial charge in [-0.3, -0.25) is 4.79 Å². The lowest BCUT2D eigenvalue weighted by atomic mass is 9.87. The number of aromatic nitrogens is 2. The largest absolute Gasteiger partial charge is 0.467 e. The zero-order chi connectivity index (χ0) is 17.3. The molecular formula is C18H27N3O3. The average Bonchev–Trinajstić information content (AvgIpc) is 3.03. The average molecular weight is 333 g/mol. The van der Waals surface area contributed by atoms with E-state index < -0.39 is 6.04 Å². The Labute approximate surface area is 143 Å². The van der Waals surface area contributed by atoms with Crippen LogP contribution in [0.15, 0.2) is 6.33 Å². The Hall–Kier alpha value is -1.85. The molecule has 6 heteroatoms. The number of hydrogen-bond acceptors (Lipinski definition) is 4. The number of rotatable bonds is 3. The fraction of sp³-hybridized carbons (Fsp3) is 0.722. The van der Waals surface area contributed by atoms with Gasteiger partial charge in [-0.05, 0) is 26.7 Å². The van der Waals surface area contributed by atoms with Crippen LogP contribution in [0.5, 0.6) is 0 Å². The van der Waals surface area contributed by atoms with Crippen molar-refractivity contribution < 1.29 is 14.3 Å². The molecule has 0 spiro atoms. The van der Waals surface area contributed by atoms with Crippen LogP contribution in [0.1, 0.15) is 63.4 Å². The lowest BCUT2D eigenvalue weighted by Gasteiger charge is -2.37. The van der Waals surface area contributed by atoms with Gasteiger partial charge in [-0.1, -0.05) is 19.3 Å². The molecule has 24 heavy (non-hydrogen) atoms. The molecule has 1 aromatic rings. The van der Waals surface area contributed by atoms with Crippen molar-refractivity contribution in [2.45, 2.75) is 71.0 Å². The van der Waals surface area contributed by atoms with Crippen molar-refractivity contribution >= 4 is 11.9 Å². The first-order valence-electron chi connectivity index (χ1n) is 8.95. The van der Waals surface area contributed by atoms with Crippen LogP contribution in [-0.4, -0.2) is 39.5 Å². The lowest BCUT2D eigenvalue weighted by Crippen LogP contribution is -2.51. The summed E-state index contributed by atoms with van der Waals surface area (Å²) in [6.45, 7) is 4.64. The monoisotopic (exact) mass is 333 g/mol. The molecule has 1 aromatic heterocycles. The van der Waals surface area contributed by atoms with Gasteiger partial charge in [0.1, 0.15) is 6.04 Å². The predicted octanol–water partition coefficient (Wildman–Crippen LogP) is 2.47. The van der Waals surface area contributed by atoms with Gasteiger partial charge in [-0.15, -0.1) is 0 Å². The fourth-order valence-corrected chi connectivity index (χ4v) is 3.94. The summed E-state index contributed by atoms with van der Waals surface area (Å²) < 4.78 is 7.06. The van der Waals surface area contributed by atoms with E-state index in [0.29, 0.717) is 13.0 Å². The Morgan fingerprint density at radius 3 is 2.58 bits per heavy atom. The molecule has 3 rings (SSSR count). The van der Waals surface area contributed by atoms with Crippen molar-refractivity contribution in [1.29, 1.82) is 0 Å². The molecule has 1 saturated carbocycles. The number of ether oxygens (including phenoxy) is 1. The van der Waals surface area contributed by atoms with Gasteiger partial charge < -0.3 is 14.2 Å². The van der Waals surface area contributed by atoms with Gasteiger partial charge in [-0.2, -0.15) is 0 Å². The quantitative estimate of drug-likeness (QED) is 0.797. The summed E-state index contributed by atoms with van der Waals surface area (Å²) in [4.78, 5) is 31.6. The minimum absolute atomic E-state index is 0.0443. The standard InChI is InChI=1S/C18H27N3O3/c1-12(2)21-11-19-14-9-15(18(23)24-3)20(10-16(14)21)17(22)13-7-5-4-6-8-13/h11-13,15H,4-10H2,1-3H3. The van der Waals surface area contributed by atoms with E-state index >= 15 is 0 Å². The summed E-state index contributed by atoms with van der Waals surface area (Å²) in [5, 5.41) is 0. The molecule has 2 aliphatic rings. The Balaban J connectivity index is 1.90. The number of fused-ring (bicyclic) bond motifs is 1.